The number of nitrogens with zero attached hydrogens (tertiary/aromatic N) is 2. The molecule has 0 fully saturated rings. The first kappa shape index (κ1) is 8.81. The van der Waals surface area contributed by atoms with Crippen LogP contribution in [-0.2, 0) is 0 Å². The maximum Gasteiger partial charge on any atom is 0.213 e. The van der Waals surface area contributed by atoms with Gasteiger partial charge < -0.3 is 0 Å². The Morgan fingerprint density at radius 1 is 1.14 bits per heavy atom. The number of hydrogen-bond donors (Lipinski definition) is 0. The fourth-order valence-corrected chi connectivity index (χ4v) is 1.20. The zero-order valence-electron chi connectivity index (χ0n) is 7.74. The number of aryl methyl sites for hydroxylation is 1. The molecule has 0 bridgehead atoms. The number of aromatic nitrogens is 2. The molecule has 0 saturated carbocycles. The summed E-state index contributed by atoms with van der Waals surface area (Å²) in [6, 6.07) is 6.92. The second kappa shape index (κ2) is 3.54. The van der Waals surface area contributed by atoms with Crippen molar-refractivity contribution in [2.75, 3.05) is 0 Å². The molecule has 0 amide bonds. The maximum absolute atomic E-state index is 12.8. The lowest BCUT2D eigenvalue weighted by atomic mass is 10.1. The summed E-state index contributed by atoms with van der Waals surface area (Å²) in [6.45, 7) is 1.96. The molecule has 2 aromatic heterocycles. The lowest BCUT2D eigenvalue weighted by molar-refractivity contribution is 0.584. The zero-order valence-corrected chi connectivity index (χ0v) is 7.74. The molecule has 0 aliphatic heterocycles. The van der Waals surface area contributed by atoms with E-state index in [2.05, 4.69) is 9.97 Å². The van der Waals surface area contributed by atoms with Gasteiger partial charge in [0.1, 0.15) is 0 Å². The number of hydrogen-bond acceptors (Lipinski definition) is 2. The van der Waals surface area contributed by atoms with Gasteiger partial charge in [0, 0.05) is 24.0 Å². The molecule has 0 saturated heterocycles. The molecule has 70 valence electrons. The second-order valence-corrected chi connectivity index (χ2v) is 3.09. The van der Waals surface area contributed by atoms with Gasteiger partial charge in [0.25, 0.3) is 0 Å². The number of halogens is 1. The Morgan fingerprint density at radius 3 is 2.64 bits per heavy atom. The molecule has 0 spiro atoms. The third-order valence-corrected chi connectivity index (χ3v) is 1.93. The molecule has 2 rings (SSSR count). The Morgan fingerprint density at radius 2 is 2.00 bits per heavy atom. The lowest BCUT2D eigenvalue weighted by Crippen LogP contribution is -1.87. The van der Waals surface area contributed by atoms with Crippen molar-refractivity contribution in [2.24, 2.45) is 0 Å². The fraction of sp³-hybridized carbons (Fsp3) is 0.0909. The summed E-state index contributed by atoms with van der Waals surface area (Å²) in [5.74, 6) is -0.482. The van der Waals surface area contributed by atoms with Gasteiger partial charge in [0.15, 0.2) is 0 Å². The number of pyridine rings is 2. The van der Waals surface area contributed by atoms with Crippen LogP contribution in [0.25, 0.3) is 11.3 Å². The van der Waals surface area contributed by atoms with Crippen molar-refractivity contribution in [3.05, 3.63) is 48.2 Å². The first-order chi connectivity index (χ1) is 6.75. The Labute approximate surface area is 81.5 Å². The van der Waals surface area contributed by atoms with E-state index in [0.717, 1.165) is 16.8 Å². The van der Waals surface area contributed by atoms with Crippen molar-refractivity contribution in [1.29, 1.82) is 0 Å². The Balaban J connectivity index is 2.44. The third kappa shape index (κ3) is 1.76. The average molecular weight is 188 g/mol. The summed E-state index contributed by atoms with van der Waals surface area (Å²) in [5.41, 5.74) is 2.60. The Bertz CT molecular complexity index is 437. The van der Waals surface area contributed by atoms with E-state index in [0.29, 0.717) is 0 Å². The quantitative estimate of drug-likeness (QED) is 0.643. The van der Waals surface area contributed by atoms with Crippen LogP contribution in [0.15, 0.2) is 36.7 Å². The first-order valence-electron chi connectivity index (χ1n) is 4.30. The predicted molar refractivity (Wildman–Crippen MR) is 52.2 cm³/mol. The zero-order chi connectivity index (χ0) is 9.97. The molecule has 0 unspecified atom stereocenters. The van der Waals surface area contributed by atoms with Crippen LogP contribution in [0.3, 0.4) is 0 Å². The SMILES string of the molecule is Cc1ccc(-c2ccnc(F)c2)nc1. The summed E-state index contributed by atoms with van der Waals surface area (Å²) >= 11 is 0. The lowest BCUT2D eigenvalue weighted by Gasteiger charge is -2.00. The third-order valence-electron chi connectivity index (χ3n) is 1.93. The van der Waals surface area contributed by atoms with Gasteiger partial charge in [-0.05, 0) is 24.6 Å². The van der Waals surface area contributed by atoms with Gasteiger partial charge in [-0.3, -0.25) is 4.98 Å². The maximum atomic E-state index is 12.8. The highest BCUT2D eigenvalue weighted by molar-refractivity contribution is 5.58. The van der Waals surface area contributed by atoms with Crippen molar-refractivity contribution in [1.82, 2.24) is 9.97 Å². The van der Waals surface area contributed by atoms with Crippen LogP contribution in [0.1, 0.15) is 5.56 Å². The van der Waals surface area contributed by atoms with Crippen molar-refractivity contribution in [3.8, 4) is 11.3 Å². The number of rotatable bonds is 1. The van der Waals surface area contributed by atoms with Crippen LogP contribution < -0.4 is 0 Å². The monoisotopic (exact) mass is 188 g/mol. The van der Waals surface area contributed by atoms with E-state index < -0.39 is 5.95 Å². The van der Waals surface area contributed by atoms with Gasteiger partial charge in [-0.25, -0.2) is 4.98 Å². The fourth-order valence-electron chi connectivity index (χ4n) is 1.20. The highest BCUT2D eigenvalue weighted by atomic mass is 19.1. The molecular weight excluding hydrogens is 179 g/mol. The van der Waals surface area contributed by atoms with Gasteiger partial charge in [0.05, 0.1) is 5.69 Å². The summed E-state index contributed by atoms with van der Waals surface area (Å²) in [7, 11) is 0. The first-order valence-corrected chi connectivity index (χ1v) is 4.30. The van der Waals surface area contributed by atoms with Crippen LogP contribution in [0, 0.1) is 12.9 Å². The minimum Gasteiger partial charge on any atom is -0.256 e. The molecule has 0 atom stereocenters. The van der Waals surface area contributed by atoms with Gasteiger partial charge >= 0.3 is 0 Å². The van der Waals surface area contributed by atoms with E-state index >= 15 is 0 Å². The van der Waals surface area contributed by atoms with Crippen LogP contribution in [-0.4, -0.2) is 9.97 Å². The molecular formula is C11H9FN2. The molecule has 3 heteroatoms. The molecule has 2 heterocycles. The summed E-state index contributed by atoms with van der Waals surface area (Å²) in [6.07, 6.45) is 3.19. The summed E-state index contributed by atoms with van der Waals surface area (Å²) in [4.78, 5) is 7.68. The minimum atomic E-state index is -0.482. The molecule has 0 aliphatic rings. The molecule has 14 heavy (non-hydrogen) atoms. The van der Waals surface area contributed by atoms with Gasteiger partial charge in [-0.1, -0.05) is 6.07 Å². The van der Waals surface area contributed by atoms with Crippen molar-refractivity contribution >= 4 is 0 Å². The highest BCUT2D eigenvalue weighted by Crippen LogP contribution is 2.16. The largest absolute Gasteiger partial charge is 0.256 e. The molecule has 0 aromatic carbocycles. The molecule has 2 aromatic rings. The Hall–Kier alpha value is -1.77. The van der Waals surface area contributed by atoms with E-state index in [1.54, 1.807) is 12.3 Å². The molecule has 0 radical (unpaired) electrons. The minimum absolute atomic E-state index is 0.482. The van der Waals surface area contributed by atoms with Crippen molar-refractivity contribution < 1.29 is 4.39 Å². The van der Waals surface area contributed by atoms with Crippen LogP contribution in [0.2, 0.25) is 0 Å². The van der Waals surface area contributed by atoms with Gasteiger partial charge in [0.2, 0.25) is 5.95 Å². The van der Waals surface area contributed by atoms with E-state index in [1.807, 2.05) is 19.1 Å². The summed E-state index contributed by atoms with van der Waals surface area (Å²) in [5, 5.41) is 0. The molecule has 2 nitrogen and oxygen atoms in total. The van der Waals surface area contributed by atoms with Crippen LogP contribution in [0.4, 0.5) is 4.39 Å². The van der Waals surface area contributed by atoms with Gasteiger partial charge in [-0.2, -0.15) is 4.39 Å². The predicted octanol–water partition coefficient (Wildman–Crippen LogP) is 2.59. The van der Waals surface area contributed by atoms with Gasteiger partial charge in [-0.15, -0.1) is 0 Å². The van der Waals surface area contributed by atoms with Crippen molar-refractivity contribution in [2.45, 2.75) is 6.92 Å². The smallest absolute Gasteiger partial charge is 0.213 e. The van der Waals surface area contributed by atoms with E-state index in [9.17, 15) is 4.39 Å². The molecule has 0 aliphatic carbocycles. The topological polar surface area (TPSA) is 25.8 Å². The van der Waals surface area contributed by atoms with Crippen LogP contribution in [0.5, 0.6) is 0 Å². The normalized spacial score (nSPS) is 10.1. The standard InChI is InChI=1S/C11H9FN2/c1-8-2-3-10(14-7-8)9-4-5-13-11(12)6-9/h2-7H,1H3. The van der Waals surface area contributed by atoms with Crippen LogP contribution >= 0.6 is 0 Å². The Kier molecular flexibility index (Phi) is 2.23. The van der Waals surface area contributed by atoms with E-state index in [1.165, 1.54) is 12.3 Å². The molecule has 0 N–H and O–H groups in total. The van der Waals surface area contributed by atoms with E-state index in [4.69, 9.17) is 0 Å². The summed E-state index contributed by atoms with van der Waals surface area (Å²) < 4.78 is 12.8. The highest BCUT2D eigenvalue weighted by Gasteiger charge is 2.00. The second-order valence-electron chi connectivity index (χ2n) is 3.09. The van der Waals surface area contributed by atoms with Crippen molar-refractivity contribution in [3.63, 3.8) is 0 Å². The van der Waals surface area contributed by atoms with E-state index in [-0.39, 0.29) is 0 Å². The average Bonchev–Trinajstić information content (AvgIpc) is 2.19.